The van der Waals surface area contributed by atoms with E-state index in [9.17, 15) is 21.6 Å². The molecule has 0 aliphatic rings. The lowest BCUT2D eigenvalue weighted by Gasteiger charge is -2.16. The van der Waals surface area contributed by atoms with Gasteiger partial charge < -0.3 is 5.73 Å². The first-order chi connectivity index (χ1) is 10.1. The summed E-state index contributed by atoms with van der Waals surface area (Å²) in [5, 5.41) is 0. The number of halogens is 3. The van der Waals surface area contributed by atoms with Crippen LogP contribution in [0.25, 0.3) is 0 Å². The summed E-state index contributed by atoms with van der Waals surface area (Å²) in [6, 6.07) is 4.66. The van der Waals surface area contributed by atoms with Crippen LogP contribution in [0.1, 0.15) is 24.1 Å². The van der Waals surface area contributed by atoms with Crippen LogP contribution in [0.2, 0.25) is 0 Å². The minimum atomic E-state index is -4.81. The van der Waals surface area contributed by atoms with E-state index < -0.39 is 32.5 Å². The van der Waals surface area contributed by atoms with Gasteiger partial charge in [-0.1, -0.05) is 6.07 Å². The summed E-state index contributed by atoms with van der Waals surface area (Å²) < 4.78 is 64.5. The second-order valence-corrected chi connectivity index (χ2v) is 6.65. The molecule has 0 aliphatic heterocycles. The van der Waals surface area contributed by atoms with Gasteiger partial charge in [-0.3, -0.25) is 4.98 Å². The van der Waals surface area contributed by atoms with Crippen LogP contribution in [0.15, 0.2) is 52.5 Å². The topological polar surface area (TPSA) is 73.1 Å². The second kappa shape index (κ2) is 5.69. The van der Waals surface area contributed by atoms with Crippen LogP contribution in [0.5, 0.6) is 0 Å². The predicted octanol–water partition coefficient (Wildman–Crippen LogP) is 2.95. The molecule has 0 bridgehead atoms. The van der Waals surface area contributed by atoms with Crippen molar-refractivity contribution >= 4 is 9.84 Å². The Labute approximate surface area is 125 Å². The Balaban J connectivity index is 2.70. The highest BCUT2D eigenvalue weighted by molar-refractivity contribution is 7.91. The molecule has 0 spiro atoms. The van der Waals surface area contributed by atoms with Gasteiger partial charge in [0, 0.05) is 18.4 Å². The normalized spacial score (nSPS) is 13.9. The molecular formula is C14H13F3N2O2S. The van der Waals surface area contributed by atoms with E-state index in [0.717, 1.165) is 24.3 Å². The molecule has 118 valence electrons. The highest BCUT2D eigenvalue weighted by atomic mass is 32.2. The van der Waals surface area contributed by atoms with Crippen molar-refractivity contribution in [3.8, 4) is 0 Å². The fourth-order valence-electron chi connectivity index (χ4n) is 1.93. The van der Waals surface area contributed by atoms with Crippen molar-refractivity contribution in [3.63, 3.8) is 0 Å². The van der Waals surface area contributed by atoms with Crippen LogP contribution in [-0.4, -0.2) is 13.4 Å². The van der Waals surface area contributed by atoms with E-state index in [1.165, 1.54) is 25.4 Å². The summed E-state index contributed by atoms with van der Waals surface area (Å²) >= 11 is 0. The molecule has 2 N–H and O–H groups in total. The third kappa shape index (κ3) is 3.12. The number of hydrogen-bond donors (Lipinski definition) is 1. The SMILES string of the molecule is CC(N)c1ccc(S(=O)(=O)c2ccncc2)c(C(F)(F)F)c1. The van der Waals surface area contributed by atoms with Gasteiger partial charge in [0.15, 0.2) is 0 Å². The Bertz CT molecular complexity index is 772. The zero-order chi connectivity index (χ0) is 16.5. The quantitative estimate of drug-likeness (QED) is 0.939. The van der Waals surface area contributed by atoms with Crippen LogP contribution in [-0.2, 0) is 16.0 Å². The van der Waals surface area contributed by atoms with Gasteiger partial charge in [0.25, 0.3) is 0 Å². The molecule has 2 rings (SSSR count). The lowest BCUT2D eigenvalue weighted by atomic mass is 10.1. The van der Waals surface area contributed by atoms with Crippen LogP contribution < -0.4 is 5.73 Å². The summed E-state index contributed by atoms with van der Waals surface area (Å²) in [7, 11) is -4.30. The van der Waals surface area contributed by atoms with Gasteiger partial charge in [0.05, 0.1) is 15.4 Å². The predicted molar refractivity (Wildman–Crippen MR) is 73.7 cm³/mol. The van der Waals surface area contributed by atoms with Crippen molar-refractivity contribution < 1.29 is 21.6 Å². The maximum atomic E-state index is 13.2. The maximum absolute atomic E-state index is 13.2. The van der Waals surface area contributed by atoms with Crippen LogP contribution >= 0.6 is 0 Å². The lowest BCUT2D eigenvalue weighted by Crippen LogP contribution is -2.16. The van der Waals surface area contributed by atoms with Crippen molar-refractivity contribution in [2.24, 2.45) is 5.73 Å². The molecule has 1 aromatic heterocycles. The fourth-order valence-corrected chi connectivity index (χ4v) is 3.38. The minimum absolute atomic E-state index is 0.209. The minimum Gasteiger partial charge on any atom is -0.324 e. The number of nitrogens with two attached hydrogens (primary N) is 1. The summed E-state index contributed by atoms with van der Waals surface area (Å²) in [6.45, 7) is 1.52. The lowest BCUT2D eigenvalue weighted by molar-refractivity contribution is -0.139. The van der Waals surface area contributed by atoms with Gasteiger partial charge in [-0.05, 0) is 36.8 Å². The molecule has 0 radical (unpaired) electrons. The third-order valence-electron chi connectivity index (χ3n) is 3.08. The highest BCUT2D eigenvalue weighted by Gasteiger charge is 2.38. The number of sulfone groups is 1. The molecule has 1 atom stereocenters. The molecule has 8 heteroatoms. The average Bonchev–Trinajstić information content (AvgIpc) is 2.46. The van der Waals surface area contributed by atoms with E-state index in [1.54, 1.807) is 0 Å². The molecule has 1 unspecified atom stereocenters. The molecule has 0 aliphatic carbocycles. The number of pyridine rings is 1. The number of benzene rings is 1. The summed E-state index contributed by atoms with van der Waals surface area (Å²) in [5.41, 5.74) is 4.56. The van der Waals surface area contributed by atoms with Crippen molar-refractivity contribution in [2.45, 2.75) is 28.9 Å². The van der Waals surface area contributed by atoms with E-state index in [4.69, 9.17) is 5.73 Å². The van der Waals surface area contributed by atoms with Gasteiger partial charge in [-0.15, -0.1) is 0 Å². The largest absolute Gasteiger partial charge is 0.417 e. The summed E-state index contributed by atoms with van der Waals surface area (Å²) in [6.07, 6.45) is -2.40. The molecule has 1 heterocycles. The molecule has 2 aromatic rings. The Morgan fingerprint density at radius 1 is 1.14 bits per heavy atom. The molecule has 22 heavy (non-hydrogen) atoms. The first-order valence-corrected chi connectivity index (χ1v) is 7.74. The Kier molecular flexibility index (Phi) is 4.25. The number of nitrogens with zero attached hydrogens (tertiary/aromatic N) is 1. The molecule has 0 amide bonds. The van der Waals surface area contributed by atoms with Crippen molar-refractivity contribution in [1.29, 1.82) is 0 Å². The smallest absolute Gasteiger partial charge is 0.324 e. The molecule has 0 saturated heterocycles. The monoisotopic (exact) mass is 330 g/mol. The zero-order valence-corrected chi connectivity index (χ0v) is 12.3. The van der Waals surface area contributed by atoms with Gasteiger partial charge >= 0.3 is 6.18 Å². The van der Waals surface area contributed by atoms with Crippen LogP contribution in [0.4, 0.5) is 13.2 Å². The van der Waals surface area contributed by atoms with Gasteiger partial charge in [-0.2, -0.15) is 13.2 Å². The zero-order valence-electron chi connectivity index (χ0n) is 11.5. The van der Waals surface area contributed by atoms with Gasteiger partial charge in [0.1, 0.15) is 0 Å². The molecule has 0 fully saturated rings. The Morgan fingerprint density at radius 2 is 1.73 bits per heavy atom. The Morgan fingerprint density at radius 3 is 2.23 bits per heavy atom. The number of aromatic nitrogens is 1. The summed E-state index contributed by atoms with van der Waals surface area (Å²) in [4.78, 5) is 2.61. The maximum Gasteiger partial charge on any atom is 0.417 e. The molecule has 1 aromatic carbocycles. The van der Waals surface area contributed by atoms with E-state index >= 15 is 0 Å². The average molecular weight is 330 g/mol. The first-order valence-electron chi connectivity index (χ1n) is 6.26. The molecule has 4 nitrogen and oxygen atoms in total. The molecular weight excluding hydrogens is 317 g/mol. The Hall–Kier alpha value is -1.93. The van der Waals surface area contributed by atoms with E-state index in [2.05, 4.69) is 4.98 Å². The third-order valence-corrected chi connectivity index (χ3v) is 4.91. The summed E-state index contributed by atoms with van der Waals surface area (Å²) in [5.74, 6) is 0. The number of alkyl halides is 3. The van der Waals surface area contributed by atoms with E-state index in [1.807, 2.05) is 0 Å². The number of rotatable bonds is 3. The fraction of sp³-hybridized carbons (Fsp3) is 0.214. The van der Waals surface area contributed by atoms with Crippen molar-refractivity contribution in [2.75, 3.05) is 0 Å². The molecule has 0 saturated carbocycles. The first kappa shape index (κ1) is 16.4. The van der Waals surface area contributed by atoms with Crippen molar-refractivity contribution in [3.05, 3.63) is 53.9 Å². The van der Waals surface area contributed by atoms with Gasteiger partial charge in [-0.25, -0.2) is 8.42 Å². The van der Waals surface area contributed by atoms with Gasteiger partial charge in [0.2, 0.25) is 9.84 Å². The second-order valence-electron chi connectivity index (χ2n) is 4.73. The standard InChI is InChI=1S/C14H13F3N2O2S/c1-9(18)10-2-3-13(12(8-10)14(15,16)17)22(20,21)11-4-6-19-7-5-11/h2-9H,18H2,1H3. The highest BCUT2D eigenvalue weighted by Crippen LogP contribution is 2.37. The van der Waals surface area contributed by atoms with Crippen molar-refractivity contribution in [1.82, 2.24) is 4.98 Å². The van der Waals surface area contributed by atoms with Crippen LogP contribution in [0.3, 0.4) is 0 Å². The van der Waals surface area contributed by atoms with E-state index in [-0.39, 0.29) is 10.5 Å². The number of hydrogen-bond acceptors (Lipinski definition) is 4. The van der Waals surface area contributed by atoms with E-state index in [0.29, 0.717) is 0 Å². The van der Waals surface area contributed by atoms with Crippen LogP contribution in [0, 0.1) is 0 Å².